The van der Waals surface area contributed by atoms with Gasteiger partial charge in [0.15, 0.2) is 0 Å². The van der Waals surface area contributed by atoms with Gasteiger partial charge in [-0.25, -0.2) is 0 Å². The van der Waals surface area contributed by atoms with E-state index in [2.05, 4.69) is 10.3 Å². The van der Waals surface area contributed by atoms with Gasteiger partial charge in [0.25, 0.3) is 0 Å². The number of pyridine rings is 1. The maximum Gasteiger partial charge on any atom is 0.228 e. The van der Waals surface area contributed by atoms with Crippen LogP contribution in [-0.4, -0.2) is 30.5 Å². The van der Waals surface area contributed by atoms with Gasteiger partial charge in [-0.05, 0) is 25.6 Å². The van der Waals surface area contributed by atoms with Gasteiger partial charge in [-0.2, -0.15) is 0 Å². The third-order valence-electron chi connectivity index (χ3n) is 2.36. The number of nitrogens with one attached hydrogen (secondary N) is 1. The van der Waals surface area contributed by atoms with Gasteiger partial charge in [0.05, 0.1) is 0 Å². The van der Waals surface area contributed by atoms with E-state index in [0.717, 1.165) is 18.8 Å². The summed E-state index contributed by atoms with van der Waals surface area (Å²) in [5.41, 5.74) is 0.916. The maximum atomic E-state index is 11.9. The van der Waals surface area contributed by atoms with Crippen LogP contribution in [0.4, 0.5) is 5.69 Å². The zero-order valence-electron chi connectivity index (χ0n) is 9.94. The van der Waals surface area contributed by atoms with Crippen molar-refractivity contribution in [2.75, 3.05) is 24.5 Å². The number of hydrogen-bond donors (Lipinski definition) is 1. The summed E-state index contributed by atoms with van der Waals surface area (Å²) in [5, 5.41) is 3.15. The minimum absolute atomic E-state index is 0.148. The quantitative estimate of drug-likeness (QED) is 0.739. The fourth-order valence-electron chi connectivity index (χ4n) is 1.53. The van der Waals surface area contributed by atoms with Gasteiger partial charge < -0.3 is 10.2 Å². The van der Waals surface area contributed by atoms with Crippen molar-refractivity contribution in [1.29, 1.82) is 0 Å². The summed E-state index contributed by atoms with van der Waals surface area (Å²) in [6.45, 7) is 6.33. The first-order valence-corrected chi connectivity index (χ1v) is 5.70. The molecule has 1 heterocycles. The van der Waals surface area contributed by atoms with Gasteiger partial charge in [0.1, 0.15) is 0 Å². The molecule has 88 valence electrons. The molecular weight excluding hydrogens is 202 g/mol. The molecule has 1 rings (SSSR count). The highest BCUT2D eigenvalue weighted by molar-refractivity contribution is 5.93. The minimum Gasteiger partial charge on any atom is -0.316 e. The smallest absolute Gasteiger partial charge is 0.228 e. The Balaban J connectivity index is 2.57. The van der Waals surface area contributed by atoms with Crippen LogP contribution < -0.4 is 10.2 Å². The largest absolute Gasteiger partial charge is 0.316 e. The van der Waals surface area contributed by atoms with Crippen LogP contribution in [0.5, 0.6) is 0 Å². The number of carbonyl (C=O) groups excluding carboxylic acids is 1. The molecule has 16 heavy (non-hydrogen) atoms. The molecule has 0 aliphatic heterocycles. The molecule has 0 aliphatic rings. The number of amides is 1. The molecule has 0 fully saturated rings. The molecule has 0 saturated heterocycles. The van der Waals surface area contributed by atoms with Crippen LogP contribution in [-0.2, 0) is 4.79 Å². The lowest BCUT2D eigenvalue weighted by Gasteiger charge is -2.20. The summed E-state index contributed by atoms with van der Waals surface area (Å²) in [4.78, 5) is 17.6. The Labute approximate surface area is 96.7 Å². The highest BCUT2D eigenvalue weighted by Crippen LogP contribution is 2.12. The Morgan fingerprint density at radius 1 is 1.38 bits per heavy atom. The maximum absolute atomic E-state index is 11.9. The molecule has 0 atom stereocenters. The molecule has 1 N–H and O–H groups in total. The highest BCUT2D eigenvalue weighted by atomic mass is 16.2. The van der Waals surface area contributed by atoms with Crippen LogP contribution in [0.15, 0.2) is 24.5 Å². The van der Waals surface area contributed by atoms with Crippen LogP contribution in [0.25, 0.3) is 0 Å². The van der Waals surface area contributed by atoms with Crippen molar-refractivity contribution in [3.05, 3.63) is 24.5 Å². The molecule has 0 unspecified atom stereocenters. The predicted molar refractivity (Wildman–Crippen MR) is 65.4 cm³/mol. The van der Waals surface area contributed by atoms with Crippen LogP contribution in [0, 0.1) is 0 Å². The molecule has 0 saturated carbocycles. The molecule has 1 amide bonds. The first-order valence-electron chi connectivity index (χ1n) is 5.70. The predicted octanol–water partition coefficient (Wildman–Crippen LogP) is 1.43. The standard InChI is InChI=1S/C12H19N3O/c1-3-13-10-7-12(16)15(4-2)11-5-8-14-9-6-11/h5-6,8-9,13H,3-4,7,10H2,1-2H3. The van der Waals surface area contributed by atoms with Gasteiger partial charge in [0.2, 0.25) is 5.91 Å². The van der Waals surface area contributed by atoms with Gasteiger partial charge in [-0.15, -0.1) is 0 Å². The van der Waals surface area contributed by atoms with Gasteiger partial charge >= 0.3 is 0 Å². The summed E-state index contributed by atoms with van der Waals surface area (Å²) >= 11 is 0. The van der Waals surface area contributed by atoms with Crippen LogP contribution in [0.3, 0.4) is 0 Å². The van der Waals surface area contributed by atoms with Crippen molar-refractivity contribution in [3.63, 3.8) is 0 Å². The SMILES string of the molecule is CCNCCC(=O)N(CC)c1ccncc1. The van der Waals surface area contributed by atoms with E-state index in [4.69, 9.17) is 0 Å². The molecule has 0 aliphatic carbocycles. The number of nitrogens with zero attached hydrogens (tertiary/aromatic N) is 2. The van der Waals surface area contributed by atoms with Crippen molar-refractivity contribution in [2.24, 2.45) is 0 Å². The molecule has 4 heteroatoms. The Kier molecular flexibility index (Phi) is 5.50. The number of aromatic nitrogens is 1. The molecule has 0 spiro atoms. The van der Waals surface area contributed by atoms with Crippen molar-refractivity contribution < 1.29 is 4.79 Å². The lowest BCUT2D eigenvalue weighted by atomic mass is 10.3. The Hall–Kier alpha value is -1.42. The molecule has 1 aromatic heterocycles. The fourth-order valence-corrected chi connectivity index (χ4v) is 1.53. The second-order valence-electron chi connectivity index (χ2n) is 3.45. The summed E-state index contributed by atoms with van der Waals surface area (Å²) < 4.78 is 0. The number of carbonyl (C=O) groups is 1. The summed E-state index contributed by atoms with van der Waals surface area (Å²) in [6, 6.07) is 3.71. The molecule has 1 aromatic rings. The second kappa shape index (κ2) is 6.95. The third kappa shape index (κ3) is 3.62. The van der Waals surface area contributed by atoms with E-state index in [1.165, 1.54) is 0 Å². The van der Waals surface area contributed by atoms with E-state index in [0.29, 0.717) is 13.0 Å². The second-order valence-corrected chi connectivity index (χ2v) is 3.45. The van der Waals surface area contributed by atoms with Crippen LogP contribution >= 0.6 is 0 Å². The van der Waals surface area contributed by atoms with E-state index >= 15 is 0 Å². The summed E-state index contributed by atoms with van der Waals surface area (Å²) in [7, 11) is 0. The fraction of sp³-hybridized carbons (Fsp3) is 0.500. The van der Waals surface area contributed by atoms with E-state index in [9.17, 15) is 4.79 Å². The highest BCUT2D eigenvalue weighted by Gasteiger charge is 2.12. The van der Waals surface area contributed by atoms with Gasteiger partial charge in [0, 0.05) is 37.6 Å². The lowest BCUT2D eigenvalue weighted by molar-refractivity contribution is -0.118. The van der Waals surface area contributed by atoms with E-state index < -0.39 is 0 Å². The van der Waals surface area contributed by atoms with Gasteiger partial charge in [-0.1, -0.05) is 6.92 Å². The number of rotatable bonds is 6. The lowest BCUT2D eigenvalue weighted by Crippen LogP contribution is -2.33. The number of anilines is 1. The zero-order chi connectivity index (χ0) is 11.8. The number of hydrogen-bond acceptors (Lipinski definition) is 3. The topological polar surface area (TPSA) is 45.2 Å². The summed E-state index contributed by atoms with van der Waals surface area (Å²) in [6.07, 6.45) is 3.94. The van der Waals surface area contributed by atoms with E-state index in [1.807, 2.05) is 26.0 Å². The van der Waals surface area contributed by atoms with Crippen LogP contribution in [0.2, 0.25) is 0 Å². The molecule has 0 aromatic carbocycles. The summed E-state index contributed by atoms with van der Waals surface area (Å²) in [5.74, 6) is 0.148. The van der Waals surface area contributed by atoms with Crippen molar-refractivity contribution in [3.8, 4) is 0 Å². The monoisotopic (exact) mass is 221 g/mol. The average Bonchev–Trinajstić information content (AvgIpc) is 2.32. The molecule has 4 nitrogen and oxygen atoms in total. The Morgan fingerprint density at radius 2 is 2.06 bits per heavy atom. The zero-order valence-corrected chi connectivity index (χ0v) is 9.94. The van der Waals surface area contributed by atoms with Gasteiger partial charge in [-0.3, -0.25) is 9.78 Å². The minimum atomic E-state index is 0.148. The Morgan fingerprint density at radius 3 is 2.62 bits per heavy atom. The van der Waals surface area contributed by atoms with Crippen LogP contribution in [0.1, 0.15) is 20.3 Å². The van der Waals surface area contributed by atoms with Crippen molar-refractivity contribution in [2.45, 2.75) is 20.3 Å². The van der Waals surface area contributed by atoms with Crippen molar-refractivity contribution >= 4 is 11.6 Å². The molecule has 0 bridgehead atoms. The first kappa shape index (κ1) is 12.6. The molecule has 0 radical (unpaired) electrons. The third-order valence-corrected chi connectivity index (χ3v) is 2.36. The first-order chi connectivity index (χ1) is 7.79. The van der Waals surface area contributed by atoms with E-state index in [1.54, 1.807) is 17.3 Å². The normalized spacial score (nSPS) is 10.1. The van der Waals surface area contributed by atoms with E-state index in [-0.39, 0.29) is 5.91 Å². The van der Waals surface area contributed by atoms with Crippen molar-refractivity contribution in [1.82, 2.24) is 10.3 Å². The average molecular weight is 221 g/mol. The Bertz CT molecular complexity index is 313. The molecular formula is C12H19N3O.